The number of aromatic amines is 1. The van der Waals surface area contributed by atoms with Gasteiger partial charge in [-0.2, -0.15) is 0 Å². The van der Waals surface area contributed by atoms with E-state index in [2.05, 4.69) is 25.4 Å². The monoisotopic (exact) mass is 282 g/mol. The molecule has 7 nitrogen and oxygen atoms in total. The van der Waals surface area contributed by atoms with E-state index in [-0.39, 0.29) is 11.8 Å². The van der Waals surface area contributed by atoms with E-state index in [0.29, 0.717) is 11.6 Å². The summed E-state index contributed by atoms with van der Waals surface area (Å²) in [5.74, 6) is 1.43. The Morgan fingerprint density at radius 2 is 2.24 bits per heavy atom. The number of nitrogens with zero attached hydrogens (tertiary/aromatic N) is 4. The quantitative estimate of drug-likeness (QED) is 0.765. The predicted molar refractivity (Wildman–Crippen MR) is 77.4 cm³/mol. The van der Waals surface area contributed by atoms with Crippen molar-refractivity contribution in [1.29, 1.82) is 0 Å². The van der Waals surface area contributed by atoms with Crippen LogP contribution in [0.15, 0.2) is 24.7 Å². The molecule has 0 unspecified atom stereocenters. The van der Waals surface area contributed by atoms with Gasteiger partial charge in [0.2, 0.25) is 5.91 Å². The van der Waals surface area contributed by atoms with Crippen LogP contribution < -0.4 is 5.32 Å². The Labute approximate surface area is 120 Å². The van der Waals surface area contributed by atoms with Crippen LogP contribution in [0.1, 0.15) is 12.8 Å². The molecule has 0 radical (unpaired) electrons. The number of fused-ring (bicyclic) bond motifs is 1. The normalized spacial score (nSPS) is 14.5. The Hall–Kier alpha value is -2.70. The molecule has 0 bridgehead atoms. The molecule has 0 aliphatic heterocycles. The lowest BCUT2D eigenvalue weighted by Gasteiger charge is -2.02. The van der Waals surface area contributed by atoms with Crippen molar-refractivity contribution in [3.05, 3.63) is 24.7 Å². The molecule has 1 aliphatic carbocycles. The summed E-state index contributed by atoms with van der Waals surface area (Å²) in [5.41, 5.74) is 1.73. The molecule has 21 heavy (non-hydrogen) atoms. The summed E-state index contributed by atoms with van der Waals surface area (Å²) >= 11 is 0. The number of rotatable bonds is 3. The highest BCUT2D eigenvalue weighted by Crippen LogP contribution is 2.30. The third-order valence-electron chi connectivity index (χ3n) is 3.54. The number of amides is 1. The van der Waals surface area contributed by atoms with Gasteiger partial charge in [0, 0.05) is 30.6 Å². The van der Waals surface area contributed by atoms with Crippen LogP contribution >= 0.6 is 0 Å². The molecule has 3 aromatic heterocycles. The van der Waals surface area contributed by atoms with Gasteiger partial charge in [-0.1, -0.05) is 0 Å². The van der Waals surface area contributed by atoms with E-state index in [4.69, 9.17) is 0 Å². The van der Waals surface area contributed by atoms with Crippen LogP contribution in [0, 0.1) is 5.92 Å². The van der Waals surface area contributed by atoms with Crippen LogP contribution in [0.25, 0.3) is 22.4 Å². The topological polar surface area (TPSA) is 88.5 Å². The van der Waals surface area contributed by atoms with Gasteiger partial charge in [0.25, 0.3) is 0 Å². The lowest BCUT2D eigenvalue weighted by atomic mass is 10.3. The highest BCUT2D eigenvalue weighted by Gasteiger charge is 2.29. The summed E-state index contributed by atoms with van der Waals surface area (Å²) in [7, 11) is 1.83. The Kier molecular flexibility index (Phi) is 2.53. The van der Waals surface area contributed by atoms with Gasteiger partial charge in [-0.15, -0.1) is 5.10 Å². The number of pyridine rings is 1. The molecule has 1 fully saturated rings. The first kappa shape index (κ1) is 12.1. The van der Waals surface area contributed by atoms with E-state index >= 15 is 0 Å². The lowest BCUT2D eigenvalue weighted by molar-refractivity contribution is -0.117. The third kappa shape index (κ3) is 2.26. The zero-order chi connectivity index (χ0) is 14.4. The van der Waals surface area contributed by atoms with Gasteiger partial charge in [-0.25, -0.2) is 9.97 Å². The molecule has 0 aromatic carbocycles. The molecule has 0 spiro atoms. The molecular formula is C14H14N6O. The number of nitrogens with one attached hydrogen (secondary N) is 2. The number of aryl methyl sites for hydroxylation is 1. The number of carbonyl (C=O) groups is 1. The molecular weight excluding hydrogens is 268 g/mol. The van der Waals surface area contributed by atoms with Crippen molar-refractivity contribution in [3.63, 3.8) is 0 Å². The second-order valence-electron chi connectivity index (χ2n) is 5.35. The number of hydrogen-bond acceptors (Lipinski definition) is 4. The molecule has 4 rings (SSSR count). The number of hydrogen-bond donors (Lipinski definition) is 2. The van der Waals surface area contributed by atoms with Gasteiger partial charge in [-0.3, -0.25) is 9.48 Å². The maximum atomic E-state index is 11.8. The Balaban J connectivity index is 1.66. The molecule has 7 heteroatoms. The van der Waals surface area contributed by atoms with Crippen molar-refractivity contribution in [2.24, 2.45) is 13.0 Å². The molecule has 0 saturated heterocycles. The van der Waals surface area contributed by atoms with Gasteiger partial charge in [-0.05, 0) is 18.9 Å². The molecule has 106 valence electrons. The Bertz CT molecular complexity index is 829. The van der Waals surface area contributed by atoms with Crippen molar-refractivity contribution in [3.8, 4) is 11.5 Å². The van der Waals surface area contributed by atoms with Crippen LogP contribution in [0.5, 0.6) is 0 Å². The van der Waals surface area contributed by atoms with E-state index in [1.54, 1.807) is 17.2 Å². The van der Waals surface area contributed by atoms with Crippen molar-refractivity contribution in [2.75, 3.05) is 5.32 Å². The highest BCUT2D eigenvalue weighted by molar-refractivity contribution is 5.95. The second-order valence-corrected chi connectivity index (χ2v) is 5.35. The van der Waals surface area contributed by atoms with E-state index in [9.17, 15) is 4.79 Å². The summed E-state index contributed by atoms with van der Waals surface area (Å²) < 4.78 is 1.65. The van der Waals surface area contributed by atoms with Gasteiger partial charge in [0.1, 0.15) is 12.1 Å². The van der Waals surface area contributed by atoms with E-state index < -0.39 is 0 Å². The predicted octanol–water partition coefficient (Wildman–Crippen LogP) is 1.71. The van der Waals surface area contributed by atoms with Crippen LogP contribution in [-0.4, -0.2) is 30.6 Å². The minimum absolute atomic E-state index is 0.0556. The van der Waals surface area contributed by atoms with Gasteiger partial charge < -0.3 is 10.3 Å². The van der Waals surface area contributed by atoms with E-state index in [0.717, 1.165) is 29.4 Å². The number of carbonyl (C=O) groups excluding carboxylic acids is 1. The second kappa shape index (κ2) is 4.41. The minimum atomic E-state index is 0.0556. The summed E-state index contributed by atoms with van der Waals surface area (Å²) in [6, 6.07) is 3.78. The summed E-state index contributed by atoms with van der Waals surface area (Å²) in [4.78, 5) is 23.5. The summed E-state index contributed by atoms with van der Waals surface area (Å²) in [6.07, 6.45) is 5.35. The number of anilines is 1. The lowest BCUT2D eigenvalue weighted by Crippen LogP contribution is -2.14. The average Bonchev–Trinajstić information content (AvgIpc) is 3.10. The van der Waals surface area contributed by atoms with Crippen LogP contribution in [-0.2, 0) is 11.8 Å². The molecule has 1 saturated carbocycles. The molecule has 1 amide bonds. The molecule has 3 heterocycles. The van der Waals surface area contributed by atoms with Crippen molar-refractivity contribution in [1.82, 2.24) is 24.7 Å². The third-order valence-corrected chi connectivity index (χ3v) is 3.54. The Morgan fingerprint density at radius 1 is 1.38 bits per heavy atom. The summed E-state index contributed by atoms with van der Waals surface area (Å²) in [6.45, 7) is 0. The first-order valence-electron chi connectivity index (χ1n) is 6.85. The van der Waals surface area contributed by atoms with E-state index in [1.807, 2.05) is 19.2 Å². The van der Waals surface area contributed by atoms with Crippen molar-refractivity contribution in [2.45, 2.75) is 12.8 Å². The number of aromatic nitrogens is 5. The number of H-pyrrole nitrogens is 1. The minimum Gasteiger partial charge on any atom is -0.352 e. The molecule has 3 aromatic rings. The standard InChI is InChI=1S/C14H14N6O/c1-20-7-16-13(19-20)11-4-9-6-15-12(5-10(9)17-11)18-14(21)8-2-3-8/h4-8,17H,2-3H2,1H3,(H,15,18,21). The van der Waals surface area contributed by atoms with Crippen LogP contribution in [0.2, 0.25) is 0 Å². The fourth-order valence-corrected chi connectivity index (χ4v) is 2.25. The maximum absolute atomic E-state index is 11.8. The van der Waals surface area contributed by atoms with Crippen molar-refractivity contribution >= 4 is 22.6 Å². The summed E-state index contributed by atoms with van der Waals surface area (Å²) in [5, 5.41) is 8.07. The van der Waals surface area contributed by atoms with Gasteiger partial charge in [0.05, 0.1) is 11.2 Å². The van der Waals surface area contributed by atoms with Gasteiger partial charge in [0.15, 0.2) is 5.82 Å². The molecule has 2 N–H and O–H groups in total. The Morgan fingerprint density at radius 3 is 2.95 bits per heavy atom. The zero-order valence-corrected chi connectivity index (χ0v) is 11.5. The molecule has 0 atom stereocenters. The van der Waals surface area contributed by atoms with Crippen LogP contribution in [0.3, 0.4) is 0 Å². The molecule has 1 aliphatic rings. The average molecular weight is 282 g/mol. The SMILES string of the molecule is Cn1cnc(-c2cc3cnc(NC(=O)C4CC4)cc3[nH]2)n1. The zero-order valence-electron chi connectivity index (χ0n) is 11.5. The fourth-order valence-electron chi connectivity index (χ4n) is 2.25. The smallest absolute Gasteiger partial charge is 0.228 e. The van der Waals surface area contributed by atoms with E-state index in [1.165, 1.54) is 0 Å². The first-order chi connectivity index (χ1) is 10.2. The van der Waals surface area contributed by atoms with Crippen LogP contribution in [0.4, 0.5) is 5.82 Å². The fraction of sp³-hybridized carbons (Fsp3) is 0.286. The van der Waals surface area contributed by atoms with Gasteiger partial charge >= 0.3 is 0 Å². The first-order valence-corrected chi connectivity index (χ1v) is 6.85. The largest absolute Gasteiger partial charge is 0.352 e. The highest BCUT2D eigenvalue weighted by atomic mass is 16.2. The maximum Gasteiger partial charge on any atom is 0.228 e. The van der Waals surface area contributed by atoms with Crippen molar-refractivity contribution < 1.29 is 4.79 Å².